The summed E-state index contributed by atoms with van der Waals surface area (Å²) in [5.41, 5.74) is 5.36. The van der Waals surface area contributed by atoms with Gasteiger partial charge < -0.3 is 10.0 Å². The van der Waals surface area contributed by atoms with Crippen LogP contribution in [0.15, 0.2) is 66.7 Å². The van der Waals surface area contributed by atoms with Crippen molar-refractivity contribution in [1.29, 1.82) is 0 Å². The van der Waals surface area contributed by atoms with E-state index >= 15 is 0 Å². The number of rotatable bonds is 2. The van der Waals surface area contributed by atoms with Gasteiger partial charge in [0.25, 0.3) is 0 Å². The second-order valence-electron chi connectivity index (χ2n) is 6.55. The third-order valence-corrected chi connectivity index (χ3v) is 5.03. The molecule has 0 spiro atoms. The summed E-state index contributed by atoms with van der Waals surface area (Å²) in [6.07, 6.45) is 0. The Kier molecular flexibility index (Phi) is 3.83. The Balaban J connectivity index is 2.23. The van der Waals surface area contributed by atoms with Gasteiger partial charge in [0.2, 0.25) is 0 Å². The molecule has 4 aromatic carbocycles. The van der Waals surface area contributed by atoms with Gasteiger partial charge in [-0.3, -0.25) is 0 Å². The molecule has 0 aliphatic rings. The third kappa shape index (κ3) is 2.53. The van der Waals surface area contributed by atoms with Crippen molar-refractivity contribution in [1.82, 2.24) is 0 Å². The quantitative estimate of drug-likeness (QED) is 0.432. The molecule has 0 saturated heterocycles. The zero-order valence-electron chi connectivity index (χ0n) is 14.3. The van der Waals surface area contributed by atoms with E-state index in [9.17, 15) is 10.0 Å². The van der Waals surface area contributed by atoms with Crippen LogP contribution in [0.25, 0.3) is 32.7 Å². The maximum Gasteiger partial charge on any atom is 0.489 e. The molecule has 0 fully saturated rings. The molecule has 0 bridgehead atoms. The van der Waals surface area contributed by atoms with E-state index in [1.807, 2.05) is 36.4 Å². The van der Waals surface area contributed by atoms with Gasteiger partial charge in [-0.15, -0.1) is 0 Å². The van der Waals surface area contributed by atoms with Crippen molar-refractivity contribution in [3.05, 3.63) is 77.9 Å². The van der Waals surface area contributed by atoms with E-state index in [0.29, 0.717) is 5.46 Å². The first-order valence-corrected chi connectivity index (χ1v) is 8.45. The standard InChI is InChI=1S/C22H19BO2/c1-14-11-12-16(13-15(14)2)21-17-7-3-5-9-19(17)22(23(24)25)20-10-6-4-8-18(20)21/h3-13,24-25H,1-2H3. The second kappa shape index (κ2) is 6.03. The summed E-state index contributed by atoms with van der Waals surface area (Å²) in [6, 6.07) is 22.4. The highest BCUT2D eigenvalue weighted by atomic mass is 16.4. The van der Waals surface area contributed by atoms with Crippen LogP contribution >= 0.6 is 0 Å². The molecule has 122 valence electrons. The van der Waals surface area contributed by atoms with Crippen molar-refractivity contribution in [3.8, 4) is 11.1 Å². The summed E-state index contributed by atoms with van der Waals surface area (Å²) >= 11 is 0. The first-order chi connectivity index (χ1) is 12.1. The van der Waals surface area contributed by atoms with Crippen LogP contribution in [0.2, 0.25) is 0 Å². The Morgan fingerprint density at radius 3 is 1.64 bits per heavy atom. The molecule has 3 heteroatoms. The smallest absolute Gasteiger partial charge is 0.423 e. The first kappa shape index (κ1) is 15.9. The van der Waals surface area contributed by atoms with Crippen LogP contribution in [-0.2, 0) is 0 Å². The van der Waals surface area contributed by atoms with Crippen molar-refractivity contribution in [2.75, 3.05) is 0 Å². The maximum absolute atomic E-state index is 10.0. The summed E-state index contributed by atoms with van der Waals surface area (Å²) in [4.78, 5) is 0. The molecule has 0 aromatic heterocycles. The molecular formula is C22H19BO2. The van der Waals surface area contributed by atoms with E-state index in [1.165, 1.54) is 11.1 Å². The lowest BCUT2D eigenvalue weighted by Crippen LogP contribution is -2.31. The topological polar surface area (TPSA) is 40.5 Å². The number of hydrogen-bond donors (Lipinski definition) is 2. The van der Waals surface area contributed by atoms with Crippen molar-refractivity contribution in [2.24, 2.45) is 0 Å². The highest BCUT2D eigenvalue weighted by Gasteiger charge is 2.22. The molecule has 0 unspecified atom stereocenters. The normalized spacial score (nSPS) is 11.2. The summed E-state index contributed by atoms with van der Waals surface area (Å²) in [5.74, 6) is 0. The summed E-state index contributed by atoms with van der Waals surface area (Å²) in [7, 11) is -1.51. The predicted octanol–water partition coefficient (Wildman–Crippen LogP) is 3.96. The summed E-state index contributed by atoms with van der Waals surface area (Å²) < 4.78 is 0. The van der Waals surface area contributed by atoms with Gasteiger partial charge in [-0.2, -0.15) is 0 Å². The number of hydrogen-bond acceptors (Lipinski definition) is 2. The minimum atomic E-state index is -1.51. The van der Waals surface area contributed by atoms with Crippen LogP contribution in [0, 0.1) is 13.8 Å². The zero-order valence-corrected chi connectivity index (χ0v) is 14.3. The number of aryl methyl sites for hydroxylation is 2. The SMILES string of the molecule is Cc1ccc(-c2c3ccccc3c(B(O)O)c3ccccc23)cc1C. The lowest BCUT2D eigenvalue weighted by atomic mass is 9.72. The van der Waals surface area contributed by atoms with Crippen LogP contribution in [0.4, 0.5) is 0 Å². The van der Waals surface area contributed by atoms with E-state index in [1.54, 1.807) is 0 Å². The average Bonchev–Trinajstić information content (AvgIpc) is 2.61. The number of benzene rings is 4. The van der Waals surface area contributed by atoms with Gasteiger partial charge in [0.15, 0.2) is 0 Å². The predicted molar refractivity (Wildman–Crippen MR) is 106 cm³/mol. The Hall–Kier alpha value is -2.62. The molecule has 4 rings (SSSR count). The highest BCUT2D eigenvalue weighted by Crippen LogP contribution is 2.36. The molecule has 25 heavy (non-hydrogen) atoms. The van der Waals surface area contributed by atoms with Crippen molar-refractivity contribution in [3.63, 3.8) is 0 Å². The number of fused-ring (bicyclic) bond motifs is 2. The van der Waals surface area contributed by atoms with Gasteiger partial charge >= 0.3 is 7.12 Å². The second-order valence-corrected chi connectivity index (χ2v) is 6.55. The Morgan fingerprint density at radius 2 is 1.16 bits per heavy atom. The largest absolute Gasteiger partial charge is 0.489 e. The molecule has 0 aliphatic heterocycles. The average molecular weight is 326 g/mol. The summed E-state index contributed by atoms with van der Waals surface area (Å²) in [6.45, 7) is 4.23. The third-order valence-electron chi connectivity index (χ3n) is 5.03. The lowest BCUT2D eigenvalue weighted by Gasteiger charge is -2.17. The van der Waals surface area contributed by atoms with Crippen molar-refractivity contribution < 1.29 is 10.0 Å². The molecule has 0 aliphatic carbocycles. The first-order valence-electron chi connectivity index (χ1n) is 8.45. The fraction of sp³-hybridized carbons (Fsp3) is 0.0909. The van der Waals surface area contributed by atoms with Gasteiger partial charge in [0.1, 0.15) is 0 Å². The van der Waals surface area contributed by atoms with Gasteiger partial charge in [-0.05, 0) is 63.1 Å². The molecule has 0 atom stereocenters. The lowest BCUT2D eigenvalue weighted by molar-refractivity contribution is 0.426. The van der Waals surface area contributed by atoms with Crippen molar-refractivity contribution >= 4 is 34.1 Å². The molecule has 0 radical (unpaired) electrons. The molecule has 2 N–H and O–H groups in total. The molecule has 4 aromatic rings. The molecule has 2 nitrogen and oxygen atoms in total. The molecule has 0 heterocycles. The maximum atomic E-state index is 10.0. The van der Waals surface area contributed by atoms with E-state index in [0.717, 1.165) is 32.7 Å². The van der Waals surface area contributed by atoms with Crippen LogP contribution in [0.1, 0.15) is 11.1 Å². The zero-order chi connectivity index (χ0) is 17.6. The van der Waals surface area contributed by atoms with Crippen LogP contribution < -0.4 is 5.46 Å². The van der Waals surface area contributed by atoms with E-state index in [2.05, 4.69) is 44.2 Å². The Morgan fingerprint density at radius 1 is 0.640 bits per heavy atom. The Labute approximate surface area is 147 Å². The molecule has 0 saturated carbocycles. The van der Waals surface area contributed by atoms with Gasteiger partial charge in [0.05, 0.1) is 0 Å². The highest BCUT2D eigenvalue weighted by molar-refractivity contribution is 6.66. The minimum absolute atomic E-state index is 0.568. The van der Waals surface area contributed by atoms with E-state index in [-0.39, 0.29) is 0 Å². The molecular weight excluding hydrogens is 307 g/mol. The minimum Gasteiger partial charge on any atom is -0.423 e. The molecule has 0 amide bonds. The van der Waals surface area contributed by atoms with Gasteiger partial charge in [0, 0.05) is 0 Å². The fourth-order valence-electron chi connectivity index (χ4n) is 3.65. The van der Waals surface area contributed by atoms with Crippen LogP contribution in [0.3, 0.4) is 0 Å². The van der Waals surface area contributed by atoms with E-state index < -0.39 is 7.12 Å². The van der Waals surface area contributed by atoms with Crippen LogP contribution in [0.5, 0.6) is 0 Å². The fourth-order valence-corrected chi connectivity index (χ4v) is 3.65. The van der Waals surface area contributed by atoms with Crippen molar-refractivity contribution in [2.45, 2.75) is 13.8 Å². The summed E-state index contributed by atoms with van der Waals surface area (Å²) in [5, 5.41) is 23.9. The Bertz CT molecular complexity index is 1040. The monoisotopic (exact) mass is 326 g/mol. The van der Waals surface area contributed by atoms with Gasteiger partial charge in [-0.25, -0.2) is 0 Å². The van der Waals surface area contributed by atoms with Crippen LogP contribution in [-0.4, -0.2) is 17.2 Å². The van der Waals surface area contributed by atoms with Gasteiger partial charge in [-0.1, -0.05) is 66.7 Å². The van der Waals surface area contributed by atoms with E-state index in [4.69, 9.17) is 0 Å².